The molecule has 0 aliphatic heterocycles. The molecule has 1 unspecified atom stereocenters. The van der Waals surface area contributed by atoms with Gasteiger partial charge >= 0.3 is 29.1 Å². The molecule has 0 heterocycles. The highest BCUT2D eigenvalue weighted by atomic mass is 32.2. The second-order valence-electron chi connectivity index (χ2n) is 5.04. The van der Waals surface area contributed by atoms with Crippen LogP contribution >= 0.6 is 0 Å². The number of amides is 1. The molecule has 1 N–H and O–H groups in total. The first-order valence-electron chi connectivity index (χ1n) is 7.32. The number of ether oxygens (including phenoxy) is 2. The first-order chi connectivity index (χ1) is 12.1. The van der Waals surface area contributed by atoms with Crippen molar-refractivity contribution < 1.29 is 54.0 Å². The summed E-state index contributed by atoms with van der Waals surface area (Å²) in [5.41, 5.74) is 0. The fraction of sp³-hybridized carbons (Fsp3) is 0.692. The van der Waals surface area contributed by atoms with Crippen LogP contribution in [0.15, 0.2) is 12.7 Å². The molecule has 0 aliphatic carbocycles. The quantitative estimate of drug-likeness (QED) is 0.132. The van der Waals surface area contributed by atoms with Crippen molar-refractivity contribution in [1.82, 2.24) is 5.32 Å². The number of carbonyl (C=O) groups is 2. The van der Waals surface area contributed by atoms with E-state index in [0.717, 1.165) is 0 Å². The number of hydrogen-bond donors (Lipinski definition) is 1. The summed E-state index contributed by atoms with van der Waals surface area (Å²) in [5.74, 6) is -8.12. The second kappa shape index (κ2) is 9.41. The number of hydrogen-bond acceptors (Lipinski definition) is 7. The van der Waals surface area contributed by atoms with E-state index in [4.69, 9.17) is 0 Å². The molecule has 0 saturated carbocycles. The van der Waals surface area contributed by atoms with Crippen LogP contribution in [0.5, 0.6) is 0 Å². The van der Waals surface area contributed by atoms with E-state index in [1.54, 1.807) is 12.2 Å². The highest BCUT2D eigenvalue weighted by Crippen LogP contribution is 2.37. The van der Waals surface area contributed by atoms with Crippen molar-refractivity contribution in [2.24, 2.45) is 0 Å². The van der Waals surface area contributed by atoms with Gasteiger partial charge in [-0.25, -0.2) is 13.2 Å². The van der Waals surface area contributed by atoms with Crippen LogP contribution in [0.3, 0.4) is 0 Å². The van der Waals surface area contributed by atoms with Crippen LogP contribution in [0.25, 0.3) is 0 Å². The second-order valence-corrected chi connectivity index (χ2v) is 6.54. The number of nitrogens with one attached hydrogen (secondary N) is 1. The van der Waals surface area contributed by atoms with Gasteiger partial charge in [0.05, 0.1) is 6.61 Å². The third kappa shape index (κ3) is 6.70. The largest absolute Gasteiger partial charge is 0.743 e. The molecular formula is C13H17F5NO7S-. The van der Waals surface area contributed by atoms with Gasteiger partial charge in [-0.3, -0.25) is 4.79 Å². The Labute approximate surface area is 151 Å². The Morgan fingerprint density at radius 3 is 2.19 bits per heavy atom. The Kier molecular flexibility index (Phi) is 8.79. The lowest BCUT2D eigenvalue weighted by Gasteiger charge is -2.33. The van der Waals surface area contributed by atoms with E-state index in [-0.39, 0.29) is 19.0 Å². The number of esters is 1. The first-order valence-corrected chi connectivity index (χ1v) is 8.73. The molecule has 0 aromatic heterocycles. The average Bonchev–Trinajstić information content (AvgIpc) is 2.51. The van der Waals surface area contributed by atoms with Gasteiger partial charge in [0.2, 0.25) is 0 Å². The predicted molar refractivity (Wildman–Crippen MR) is 78.2 cm³/mol. The molecule has 1 amide bonds. The monoisotopic (exact) mass is 426 g/mol. The molecule has 8 nitrogen and oxygen atoms in total. The van der Waals surface area contributed by atoms with E-state index >= 15 is 0 Å². The van der Waals surface area contributed by atoms with Crippen molar-refractivity contribution in [2.45, 2.75) is 43.4 Å². The van der Waals surface area contributed by atoms with Gasteiger partial charge in [-0.1, -0.05) is 19.9 Å². The Balaban J connectivity index is 5.69. The molecule has 0 fully saturated rings. The lowest BCUT2D eigenvalue weighted by atomic mass is 10.2. The normalized spacial score (nSPS) is 14.9. The van der Waals surface area contributed by atoms with Crippen molar-refractivity contribution in [2.75, 3.05) is 13.2 Å². The van der Waals surface area contributed by atoms with Crippen LogP contribution in [-0.4, -0.2) is 55.2 Å². The third-order valence-electron chi connectivity index (χ3n) is 2.96. The number of rotatable bonds is 11. The van der Waals surface area contributed by atoms with E-state index < -0.39 is 52.2 Å². The van der Waals surface area contributed by atoms with Crippen molar-refractivity contribution in [1.29, 1.82) is 0 Å². The summed E-state index contributed by atoms with van der Waals surface area (Å²) in [6, 6.07) is 0. The van der Waals surface area contributed by atoms with Crippen LogP contribution in [0.1, 0.15) is 26.2 Å². The summed E-state index contributed by atoms with van der Waals surface area (Å²) >= 11 is 0. The van der Waals surface area contributed by atoms with Gasteiger partial charge in [0.25, 0.3) is 0 Å². The van der Waals surface area contributed by atoms with Gasteiger partial charge in [-0.15, -0.1) is 0 Å². The molecule has 0 radical (unpaired) electrons. The van der Waals surface area contributed by atoms with Crippen molar-refractivity contribution >= 4 is 22.0 Å². The summed E-state index contributed by atoms with van der Waals surface area (Å²) in [4.78, 5) is 23.2. The lowest BCUT2D eigenvalue weighted by Crippen LogP contribution is -2.61. The van der Waals surface area contributed by atoms with Crippen LogP contribution in [0.2, 0.25) is 0 Å². The molecule has 14 heteroatoms. The fourth-order valence-electron chi connectivity index (χ4n) is 1.53. The SMILES string of the molecule is C=CC(=O)OC(OCCC(F)(F)S(=O)(=O)[O-])(C(=O)NCCCC)C(F)(F)F. The first kappa shape index (κ1) is 25.2. The van der Waals surface area contributed by atoms with Crippen LogP contribution in [0, 0.1) is 0 Å². The average molecular weight is 426 g/mol. The molecule has 0 saturated heterocycles. The molecule has 158 valence electrons. The molecule has 27 heavy (non-hydrogen) atoms. The maximum absolute atomic E-state index is 13.4. The summed E-state index contributed by atoms with van der Waals surface area (Å²) in [6.07, 6.45) is -6.76. The van der Waals surface area contributed by atoms with Crippen LogP contribution < -0.4 is 5.32 Å². The van der Waals surface area contributed by atoms with E-state index in [1.807, 2.05) is 0 Å². The molecule has 0 spiro atoms. The van der Waals surface area contributed by atoms with Gasteiger partial charge in [0.1, 0.15) is 0 Å². The topological polar surface area (TPSA) is 122 Å². The number of unbranched alkanes of at least 4 members (excludes halogenated alkanes) is 1. The summed E-state index contributed by atoms with van der Waals surface area (Å²) in [7, 11) is -6.19. The zero-order valence-electron chi connectivity index (χ0n) is 14.0. The smallest absolute Gasteiger partial charge is 0.466 e. The summed E-state index contributed by atoms with van der Waals surface area (Å²) in [5, 5.41) is -3.19. The minimum atomic E-state index is -6.19. The number of halogens is 5. The molecular weight excluding hydrogens is 409 g/mol. The van der Waals surface area contributed by atoms with Gasteiger partial charge in [0.15, 0.2) is 10.1 Å². The Morgan fingerprint density at radius 1 is 1.22 bits per heavy atom. The molecule has 0 aromatic rings. The van der Waals surface area contributed by atoms with Crippen LogP contribution in [0.4, 0.5) is 22.0 Å². The van der Waals surface area contributed by atoms with E-state index in [9.17, 15) is 44.5 Å². The molecule has 1 atom stereocenters. The van der Waals surface area contributed by atoms with Crippen molar-refractivity contribution in [3.8, 4) is 0 Å². The Hall–Kier alpha value is -1.80. The predicted octanol–water partition coefficient (Wildman–Crippen LogP) is 1.44. The zero-order valence-corrected chi connectivity index (χ0v) is 14.8. The minimum Gasteiger partial charge on any atom is -0.743 e. The third-order valence-corrected chi connectivity index (χ3v) is 3.90. The van der Waals surface area contributed by atoms with Crippen molar-refractivity contribution in [3.05, 3.63) is 12.7 Å². The summed E-state index contributed by atoms with van der Waals surface area (Å²) in [6.45, 7) is 2.46. The highest BCUT2D eigenvalue weighted by Gasteiger charge is 2.66. The van der Waals surface area contributed by atoms with Crippen LogP contribution in [-0.2, 0) is 29.2 Å². The van der Waals surface area contributed by atoms with E-state index in [1.165, 1.54) is 0 Å². The van der Waals surface area contributed by atoms with Crippen molar-refractivity contribution in [3.63, 3.8) is 0 Å². The standard InChI is InChI=1S/C13H18F5NO7S/c1-3-5-7-19-10(21)12(13(16,17)18,26-9(20)4-2)25-8-6-11(14,15)27(22,23)24/h4H,2-3,5-8H2,1H3,(H,19,21)(H,22,23,24)/p-1. The maximum Gasteiger partial charge on any atom is 0.466 e. The number of alkyl halides is 5. The molecule has 0 aromatic carbocycles. The molecule has 0 bridgehead atoms. The van der Waals surface area contributed by atoms with Gasteiger partial charge in [-0.2, -0.15) is 22.0 Å². The lowest BCUT2D eigenvalue weighted by molar-refractivity contribution is -0.347. The van der Waals surface area contributed by atoms with E-state index in [0.29, 0.717) is 6.42 Å². The van der Waals surface area contributed by atoms with E-state index in [2.05, 4.69) is 16.1 Å². The highest BCUT2D eigenvalue weighted by molar-refractivity contribution is 7.86. The van der Waals surface area contributed by atoms with Gasteiger partial charge in [0, 0.05) is 19.0 Å². The van der Waals surface area contributed by atoms with Gasteiger partial charge < -0.3 is 19.3 Å². The zero-order chi connectivity index (χ0) is 21.5. The summed E-state index contributed by atoms with van der Waals surface area (Å²) < 4.78 is 106. The molecule has 0 rings (SSSR count). The Morgan fingerprint density at radius 2 is 1.78 bits per heavy atom. The fourth-order valence-corrected chi connectivity index (χ4v) is 1.86. The molecule has 0 aliphatic rings. The maximum atomic E-state index is 13.4. The Bertz CT molecular complexity index is 650. The van der Waals surface area contributed by atoms with Gasteiger partial charge in [-0.05, 0) is 6.42 Å². The minimum absolute atomic E-state index is 0.238. The number of carbonyl (C=O) groups excluding carboxylic acids is 2.